The molecule has 0 atom stereocenters. The average Bonchev–Trinajstić information content (AvgIpc) is 2.34. The molecule has 2 aromatic rings. The van der Waals surface area contributed by atoms with Gasteiger partial charge >= 0.3 is 0 Å². The first-order chi connectivity index (χ1) is 8.66. The van der Waals surface area contributed by atoms with Gasteiger partial charge in [-0.15, -0.1) is 0 Å². The van der Waals surface area contributed by atoms with Gasteiger partial charge in [-0.25, -0.2) is 4.39 Å². The summed E-state index contributed by atoms with van der Waals surface area (Å²) < 4.78 is 19.7. The molecular weight excluding hydrogens is 319 g/mol. The molecule has 0 spiro atoms. The van der Waals surface area contributed by atoms with E-state index >= 15 is 0 Å². The Hall–Kier alpha value is -0.900. The van der Waals surface area contributed by atoms with Crippen LogP contribution >= 0.6 is 27.5 Å². The van der Waals surface area contributed by atoms with Crippen LogP contribution in [0.5, 0.6) is 0 Å². The quantitative estimate of drug-likeness (QED) is 0.770. The van der Waals surface area contributed by atoms with Crippen LogP contribution in [-0.4, -0.2) is 0 Å². The Bertz CT molecular complexity index is 545. The molecule has 2 rings (SSSR count). The predicted octanol–water partition coefficient (Wildman–Crippen LogP) is 4.96. The Morgan fingerprint density at radius 1 is 1.06 bits per heavy atom. The highest BCUT2D eigenvalue weighted by atomic mass is 79.9. The third kappa shape index (κ3) is 3.55. The van der Waals surface area contributed by atoms with Crippen LogP contribution in [0.1, 0.15) is 11.1 Å². The van der Waals surface area contributed by atoms with Crippen LogP contribution in [-0.2, 0) is 18.0 Å². The summed E-state index contributed by atoms with van der Waals surface area (Å²) in [5, 5.41) is 0.637. The van der Waals surface area contributed by atoms with Gasteiger partial charge in [0.1, 0.15) is 5.82 Å². The van der Waals surface area contributed by atoms with Crippen molar-refractivity contribution < 1.29 is 9.13 Å². The van der Waals surface area contributed by atoms with E-state index in [1.165, 1.54) is 6.07 Å². The van der Waals surface area contributed by atoms with E-state index in [1.54, 1.807) is 18.2 Å². The van der Waals surface area contributed by atoms with Crippen molar-refractivity contribution in [2.24, 2.45) is 0 Å². The molecular formula is C14H11BrClFO. The largest absolute Gasteiger partial charge is 0.372 e. The second kappa shape index (κ2) is 6.32. The lowest BCUT2D eigenvalue weighted by Gasteiger charge is -2.07. The van der Waals surface area contributed by atoms with Crippen molar-refractivity contribution in [1.82, 2.24) is 0 Å². The SMILES string of the molecule is Fc1ccccc1COCc1ccc(Br)cc1Cl. The van der Waals surface area contributed by atoms with E-state index in [0.717, 1.165) is 10.0 Å². The molecule has 18 heavy (non-hydrogen) atoms. The topological polar surface area (TPSA) is 9.23 Å². The van der Waals surface area contributed by atoms with Crippen LogP contribution in [0.15, 0.2) is 46.9 Å². The monoisotopic (exact) mass is 328 g/mol. The molecule has 0 heterocycles. The van der Waals surface area contributed by atoms with Gasteiger partial charge < -0.3 is 4.74 Å². The van der Waals surface area contributed by atoms with Crippen molar-refractivity contribution in [3.8, 4) is 0 Å². The van der Waals surface area contributed by atoms with Gasteiger partial charge in [0, 0.05) is 15.1 Å². The molecule has 0 saturated heterocycles. The summed E-state index contributed by atoms with van der Waals surface area (Å²) in [6.07, 6.45) is 0. The van der Waals surface area contributed by atoms with Crippen molar-refractivity contribution in [2.75, 3.05) is 0 Å². The van der Waals surface area contributed by atoms with Gasteiger partial charge in [0.05, 0.1) is 13.2 Å². The van der Waals surface area contributed by atoms with Gasteiger partial charge in [0.25, 0.3) is 0 Å². The zero-order chi connectivity index (χ0) is 13.0. The van der Waals surface area contributed by atoms with Crippen molar-refractivity contribution in [3.05, 3.63) is 68.9 Å². The number of benzene rings is 2. The summed E-state index contributed by atoms with van der Waals surface area (Å²) in [6, 6.07) is 12.2. The van der Waals surface area contributed by atoms with Crippen LogP contribution in [0.2, 0.25) is 5.02 Å². The van der Waals surface area contributed by atoms with Gasteiger partial charge in [-0.2, -0.15) is 0 Å². The second-order valence-electron chi connectivity index (χ2n) is 3.82. The second-order valence-corrected chi connectivity index (χ2v) is 5.14. The summed E-state index contributed by atoms with van der Waals surface area (Å²) in [4.78, 5) is 0. The minimum atomic E-state index is -0.251. The van der Waals surface area contributed by atoms with Crippen molar-refractivity contribution in [3.63, 3.8) is 0 Å². The first kappa shape index (κ1) is 13.5. The van der Waals surface area contributed by atoms with Gasteiger partial charge in [0.15, 0.2) is 0 Å². The zero-order valence-corrected chi connectivity index (χ0v) is 11.8. The molecule has 0 N–H and O–H groups in total. The van der Waals surface area contributed by atoms with E-state index in [2.05, 4.69) is 15.9 Å². The number of halogens is 3. The molecule has 0 aliphatic rings. The van der Waals surface area contributed by atoms with Gasteiger partial charge in [-0.1, -0.05) is 51.8 Å². The molecule has 0 unspecified atom stereocenters. The maximum absolute atomic E-state index is 13.3. The fourth-order valence-electron chi connectivity index (χ4n) is 1.53. The van der Waals surface area contributed by atoms with Gasteiger partial charge in [-0.3, -0.25) is 0 Å². The molecule has 0 aliphatic heterocycles. The van der Waals surface area contributed by atoms with Crippen LogP contribution in [0.3, 0.4) is 0 Å². The molecule has 0 bridgehead atoms. The molecule has 2 aromatic carbocycles. The third-order valence-corrected chi connectivity index (χ3v) is 3.33. The summed E-state index contributed by atoms with van der Waals surface area (Å²) in [7, 11) is 0. The van der Waals surface area contributed by atoms with E-state index in [1.807, 2.05) is 18.2 Å². The number of hydrogen-bond acceptors (Lipinski definition) is 1. The Labute approximate surface area is 119 Å². The Morgan fingerprint density at radius 3 is 2.50 bits per heavy atom. The fourth-order valence-corrected chi connectivity index (χ4v) is 2.25. The highest BCUT2D eigenvalue weighted by Gasteiger charge is 2.03. The van der Waals surface area contributed by atoms with E-state index in [4.69, 9.17) is 16.3 Å². The number of ether oxygens (including phenoxy) is 1. The lowest BCUT2D eigenvalue weighted by Crippen LogP contribution is -1.97. The van der Waals surface area contributed by atoms with Crippen molar-refractivity contribution in [2.45, 2.75) is 13.2 Å². The normalized spacial score (nSPS) is 10.6. The van der Waals surface area contributed by atoms with Gasteiger partial charge in [-0.05, 0) is 23.8 Å². The smallest absolute Gasteiger partial charge is 0.128 e. The van der Waals surface area contributed by atoms with Crippen LogP contribution in [0.25, 0.3) is 0 Å². The number of hydrogen-bond donors (Lipinski definition) is 0. The van der Waals surface area contributed by atoms with Crippen molar-refractivity contribution in [1.29, 1.82) is 0 Å². The molecule has 0 saturated carbocycles. The maximum Gasteiger partial charge on any atom is 0.128 e. The van der Waals surface area contributed by atoms with Crippen LogP contribution in [0, 0.1) is 5.82 Å². The lowest BCUT2D eigenvalue weighted by atomic mass is 10.2. The maximum atomic E-state index is 13.3. The molecule has 1 nitrogen and oxygen atoms in total. The summed E-state index contributed by atoms with van der Waals surface area (Å²) in [5.41, 5.74) is 1.43. The van der Waals surface area contributed by atoms with Crippen molar-refractivity contribution >= 4 is 27.5 Å². The number of rotatable bonds is 4. The Kier molecular flexibility index (Phi) is 4.75. The first-order valence-corrected chi connectivity index (χ1v) is 6.59. The minimum absolute atomic E-state index is 0.235. The lowest BCUT2D eigenvalue weighted by molar-refractivity contribution is 0.105. The molecule has 0 aromatic heterocycles. The van der Waals surface area contributed by atoms with Crippen LogP contribution < -0.4 is 0 Å². The summed E-state index contributed by atoms with van der Waals surface area (Å²) in [5.74, 6) is -0.251. The molecule has 0 amide bonds. The first-order valence-electron chi connectivity index (χ1n) is 5.42. The molecule has 94 valence electrons. The standard InChI is InChI=1S/C14H11BrClFO/c15-12-6-5-10(13(16)7-12)8-18-9-11-3-1-2-4-14(11)17/h1-7H,8-9H2. The zero-order valence-electron chi connectivity index (χ0n) is 9.50. The summed E-state index contributed by atoms with van der Waals surface area (Å²) in [6.45, 7) is 0.597. The molecule has 0 fully saturated rings. The van der Waals surface area contributed by atoms with Gasteiger partial charge in [0.2, 0.25) is 0 Å². The average molecular weight is 330 g/mol. The van der Waals surface area contributed by atoms with E-state index in [0.29, 0.717) is 17.2 Å². The van der Waals surface area contributed by atoms with Crippen LogP contribution in [0.4, 0.5) is 4.39 Å². The minimum Gasteiger partial charge on any atom is -0.372 e. The van der Waals surface area contributed by atoms with E-state index in [9.17, 15) is 4.39 Å². The predicted molar refractivity (Wildman–Crippen MR) is 74.0 cm³/mol. The highest BCUT2D eigenvalue weighted by molar-refractivity contribution is 9.10. The Balaban J connectivity index is 1.95. The molecule has 4 heteroatoms. The summed E-state index contributed by atoms with van der Waals surface area (Å²) >= 11 is 9.39. The van der Waals surface area contributed by atoms with E-state index in [-0.39, 0.29) is 12.4 Å². The highest BCUT2D eigenvalue weighted by Crippen LogP contribution is 2.22. The molecule has 0 radical (unpaired) electrons. The Morgan fingerprint density at radius 2 is 1.78 bits per heavy atom. The fraction of sp³-hybridized carbons (Fsp3) is 0.143. The molecule has 0 aliphatic carbocycles. The van der Waals surface area contributed by atoms with E-state index < -0.39 is 0 Å². The third-order valence-electron chi connectivity index (χ3n) is 2.49.